The minimum atomic E-state index is -1.13. The number of nitrogens with zero attached hydrogens (tertiary/aromatic N) is 1. The fraction of sp³-hybridized carbons (Fsp3) is 0.231. The molecule has 0 aliphatic rings. The summed E-state index contributed by atoms with van der Waals surface area (Å²) in [6.07, 6.45) is 0. The van der Waals surface area contributed by atoms with Crippen molar-refractivity contribution in [2.75, 3.05) is 7.11 Å². The SMILES string of the molecule is COc1c(C)c(Cl)c(C)c(-c2cc(C(=O)O)[nH]n2)c1O. The number of aromatic hydroxyl groups is 1. The first-order chi connectivity index (χ1) is 9.38. The average molecular weight is 297 g/mol. The molecule has 0 amide bonds. The molecule has 0 spiro atoms. The molecule has 0 aliphatic heterocycles. The summed E-state index contributed by atoms with van der Waals surface area (Å²) in [7, 11) is 1.42. The molecule has 0 saturated carbocycles. The smallest absolute Gasteiger partial charge is 0.353 e. The van der Waals surface area contributed by atoms with Crippen molar-refractivity contribution in [3.05, 3.63) is 27.9 Å². The molecule has 7 heteroatoms. The van der Waals surface area contributed by atoms with Gasteiger partial charge in [0, 0.05) is 5.56 Å². The molecule has 0 radical (unpaired) electrons. The van der Waals surface area contributed by atoms with Gasteiger partial charge in [-0.2, -0.15) is 5.10 Å². The van der Waals surface area contributed by atoms with Gasteiger partial charge in [-0.3, -0.25) is 5.10 Å². The Labute approximate surface area is 120 Å². The van der Waals surface area contributed by atoms with Crippen LogP contribution in [-0.2, 0) is 0 Å². The number of aromatic carboxylic acids is 1. The summed E-state index contributed by atoms with van der Waals surface area (Å²) in [5, 5.41) is 25.9. The molecule has 0 unspecified atom stereocenters. The maximum atomic E-state index is 10.9. The fourth-order valence-electron chi connectivity index (χ4n) is 2.08. The Morgan fingerprint density at radius 1 is 1.40 bits per heavy atom. The number of carbonyl (C=O) groups is 1. The number of benzene rings is 1. The van der Waals surface area contributed by atoms with Crippen LogP contribution in [0.5, 0.6) is 11.5 Å². The number of halogens is 1. The minimum absolute atomic E-state index is 0.0746. The molecule has 1 heterocycles. The van der Waals surface area contributed by atoms with E-state index in [-0.39, 0.29) is 22.9 Å². The summed E-state index contributed by atoms with van der Waals surface area (Å²) in [4.78, 5) is 10.9. The van der Waals surface area contributed by atoms with Gasteiger partial charge in [0.1, 0.15) is 5.69 Å². The summed E-state index contributed by atoms with van der Waals surface area (Å²) < 4.78 is 5.14. The zero-order chi connectivity index (χ0) is 15.0. The second kappa shape index (κ2) is 5.05. The molecule has 3 N–H and O–H groups in total. The molecular formula is C13H13ClN2O4. The van der Waals surface area contributed by atoms with Crippen LogP contribution in [0, 0.1) is 13.8 Å². The number of phenolic OH excluding ortho intramolecular Hbond substituents is 1. The molecule has 20 heavy (non-hydrogen) atoms. The second-order valence-corrected chi connectivity index (χ2v) is 4.67. The molecule has 1 aromatic carbocycles. The molecule has 0 bridgehead atoms. The largest absolute Gasteiger partial charge is 0.504 e. The number of aromatic nitrogens is 2. The topological polar surface area (TPSA) is 95.4 Å². The van der Waals surface area contributed by atoms with Gasteiger partial charge in [-0.15, -0.1) is 0 Å². The van der Waals surface area contributed by atoms with Gasteiger partial charge in [0.25, 0.3) is 0 Å². The van der Waals surface area contributed by atoms with Crippen LogP contribution in [-0.4, -0.2) is 33.5 Å². The summed E-state index contributed by atoms with van der Waals surface area (Å²) in [6, 6.07) is 1.33. The second-order valence-electron chi connectivity index (χ2n) is 4.29. The van der Waals surface area contributed by atoms with Crippen LogP contribution in [0.2, 0.25) is 5.02 Å². The first-order valence-electron chi connectivity index (χ1n) is 5.73. The lowest BCUT2D eigenvalue weighted by Gasteiger charge is -2.15. The van der Waals surface area contributed by atoms with E-state index >= 15 is 0 Å². The van der Waals surface area contributed by atoms with Crippen LogP contribution < -0.4 is 4.74 Å². The summed E-state index contributed by atoms with van der Waals surface area (Å²) in [5.41, 5.74) is 1.78. The number of H-pyrrole nitrogens is 1. The monoisotopic (exact) mass is 296 g/mol. The molecular weight excluding hydrogens is 284 g/mol. The van der Waals surface area contributed by atoms with E-state index < -0.39 is 5.97 Å². The zero-order valence-electron chi connectivity index (χ0n) is 11.1. The molecule has 106 valence electrons. The Balaban J connectivity index is 2.72. The van der Waals surface area contributed by atoms with Crippen molar-refractivity contribution in [2.24, 2.45) is 0 Å². The Morgan fingerprint density at radius 3 is 2.55 bits per heavy atom. The lowest BCUT2D eigenvalue weighted by atomic mass is 10.00. The minimum Gasteiger partial charge on any atom is -0.504 e. The Kier molecular flexibility index (Phi) is 3.59. The molecule has 0 fully saturated rings. The molecule has 6 nitrogen and oxygen atoms in total. The van der Waals surface area contributed by atoms with Crippen LogP contribution >= 0.6 is 11.6 Å². The molecule has 0 atom stereocenters. The van der Waals surface area contributed by atoms with E-state index in [2.05, 4.69) is 10.2 Å². The third-order valence-corrected chi connectivity index (χ3v) is 3.66. The number of carboxylic acids is 1. The Hall–Kier alpha value is -2.21. The highest BCUT2D eigenvalue weighted by atomic mass is 35.5. The average Bonchev–Trinajstić information content (AvgIpc) is 2.87. The number of hydrogen-bond donors (Lipinski definition) is 3. The van der Waals surface area contributed by atoms with Crippen LogP contribution in [0.4, 0.5) is 0 Å². The van der Waals surface area contributed by atoms with Crippen LogP contribution in [0.15, 0.2) is 6.07 Å². The number of nitrogens with one attached hydrogen (secondary N) is 1. The molecule has 2 aromatic rings. The maximum absolute atomic E-state index is 10.9. The van der Waals surface area contributed by atoms with Crippen LogP contribution in [0.25, 0.3) is 11.3 Å². The van der Waals surface area contributed by atoms with Gasteiger partial charge in [-0.1, -0.05) is 11.6 Å². The van der Waals surface area contributed by atoms with E-state index in [0.29, 0.717) is 21.7 Å². The van der Waals surface area contributed by atoms with Crippen molar-refractivity contribution < 1.29 is 19.7 Å². The zero-order valence-corrected chi connectivity index (χ0v) is 11.9. The van der Waals surface area contributed by atoms with E-state index in [4.69, 9.17) is 21.4 Å². The number of aromatic amines is 1. The Bertz CT molecular complexity index is 694. The predicted octanol–water partition coefficient (Wildman–Crippen LogP) is 2.76. The highest BCUT2D eigenvalue weighted by Gasteiger charge is 2.22. The normalized spacial score (nSPS) is 10.6. The Morgan fingerprint density at radius 2 is 2.05 bits per heavy atom. The lowest BCUT2D eigenvalue weighted by Crippen LogP contribution is -1.96. The fourth-order valence-corrected chi connectivity index (χ4v) is 2.26. The van der Waals surface area contributed by atoms with Gasteiger partial charge >= 0.3 is 5.97 Å². The van der Waals surface area contributed by atoms with Crippen molar-refractivity contribution in [3.8, 4) is 22.8 Å². The van der Waals surface area contributed by atoms with E-state index in [9.17, 15) is 9.90 Å². The van der Waals surface area contributed by atoms with Crippen molar-refractivity contribution in [3.63, 3.8) is 0 Å². The molecule has 0 saturated heterocycles. The van der Waals surface area contributed by atoms with Gasteiger partial charge in [0.2, 0.25) is 0 Å². The van der Waals surface area contributed by atoms with E-state index in [1.807, 2.05) is 0 Å². The summed E-state index contributed by atoms with van der Waals surface area (Å²) in [6.45, 7) is 3.45. The van der Waals surface area contributed by atoms with Crippen molar-refractivity contribution in [2.45, 2.75) is 13.8 Å². The first-order valence-corrected chi connectivity index (χ1v) is 6.11. The number of carboxylic acid groups (broad SMARTS) is 1. The molecule has 2 rings (SSSR count). The third kappa shape index (κ3) is 2.08. The van der Waals surface area contributed by atoms with Gasteiger partial charge in [-0.05, 0) is 25.5 Å². The highest BCUT2D eigenvalue weighted by molar-refractivity contribution is 6.33. The summed E-state index contributed by atoms with van der Waals surface area (Å²) >= 11 is 6.21. The maximum Gasteiger partial charge on any atom is 0.353 e. The predicted molar refractivity (Wildman–Crippen MR) is 73.7 cm³/mol. The lowest BCUT2D eigenvalue weighted by molar-refractivity contribution is 0.0690. The van der Waals surface area contributed by atoms with Crippen LogP contribution in [0.3, 0.4) is 0 Å². The molecule has 0 aliphatic carbocycles. The van der Waals surface area contributed by atoms with E-state index in [0.717, 1.165) is 0 Å². The van der Waals surface area contributed by atoms with Crippen molar-refractivity contribution in [1.82, 2.24) is 10.2 Å². The number of methoxy groups -OCH3 is 1. The quantitative estimate of drug-likeness (QED) is 0.809. The number of ether oxygens (including phenoxy) is 1. The van der Waals surface area contributed by atoms with Crippen molar-refractivity contribution >= 4 is 17.6 Å². The number of phenols is 1. The van der Waals surface area contributed by atoms with Crippen LogP contribution in [0.1, 0.15) is 21.6 Å². The van der Waals surface area contributed by atoms with Gasteiger partial charge in [0.05, 0.1) is 23.4 Å². The summed E-state index contributed by atoms with van der Waals surface area (Å²) in [5.74, 6) is -1.00. The van der Waals surface area contributed by atoms with Gasteiger partial charge in [-0.25, -0.2) is 4.79 Å². The van der Waals surface area contributed by atoms with Crippen molar-refractivity contribution in [1.29, 1.82) is 0 Å². The van der Waals surface area contributed by atoms with Gasteiger partial charge in [0.15, 0.2) is 11.5 Å². The van der Waals surface area contributed by atoms with Gasteiger partial charge < -0.3 is 14.9 Å². The third-order valence-electron chi connectivity index (χ3n) is 3.09. The number of hydrogen-bond acceptors (Lipinski definition) is 4. The molecule has 1 aromatic heterocycles. The first kappa shape index (κ1) is 14.2. The number of rotatable bonds is 3. The van der Waals surface area contributed by atoms with E-state index in [1.165, 1.54) is 13.2 Å². The van der Waals surface area contributed by atoms with E-state index in [1.54, 1.807) is 13.8 Å². The highest BCUT2D eigenvalue weighted by Crippen LogP contribution is 2.45. The standard InChI is InChI=1S/C13H13ClN2O4/c1-5-9(7-4-8(13(18)19)16-15-7)11(17)12(20-3)6(2)10(5)14/h4,17H,1-3H3,(H,15,16)(H,18,19).